The first-order valence-electron chi connectivity index (χ1n) is 7.38. The molecule has 1 heterocycles. The first-order chi connectivity index (χ1) is 11.4. The highest BCUT2D eigenvalue weighted by molar-refractivity contribution is 9.10. The Hall–Kier alpha value is -2.22. The fourth-order valence-corrected chi connectivity index (χ4v) is 3.09. The van der Waals surface area contributed by atoms with Crippen LogP contribution in [0.1, 0.15) is 29.8 Å². The van der Waals surface area contributed by atoms with Crippen LogP contribution in [0.5, 0.6) is 0 Å². The number of oxazole rings is 1. The summed E-state index contributed by atoms with van der Waals surface area (Å²) in [7, 11) is 0. The van der Waals surface area contributed by atoms with E-state index in [2.05, 4.69) is 26.2 Å². The van der Waals surface area contributed by atoms with Crippen LogP contribution in [0.3, 0.4) is 0 Å². The number of hydrogen-bond acceptors (Lipinski definition) is 4. The maximum atomic E-state index is 13.9. The number of carbonyl (C=O) groups is 2. The fraction of sp³-hybridized carbons (Fsp3) is 0.312. The molecule has 1 aliphatic rings. The molecule has 1 amide bonds. The summed E-state index contributed by atoms with van der Waals surface area (Å²) in [6.45, 7) is 0. The van der Waals surface area contributed by atoms with Crippen LogP contribution in [0.15, 0.2) is 33.4 Å². The summed E-state index contributed by atoms with van der Waals surface area (Å²) in [6.07, 6.45) is 2.70. The molecular formula is C16H14BrFN2O4. The average Bonchev–Trinajstić information content (AvgIpc) is 3.16. The summed E-state index contributed by atoms with van der Waals surface area (Å²) in [5.41, 5.74) is 0.190. The van der Waals surface area contributed by atoms with Gasteiger partial charge in [0, 0.05) is 10.5 Å². The quantitative estimate of drug-likeness (QED) is 0.827. The van der Waals surface area contributed by atoms with Gasteiger partial charge in [0.15, 0.2) is 5.69 Å². The third kappa shape index (κ3) is 3.48. The van der Waals surface area contributed by atoms with E-state index in [4.69, 9.17) is 9.52 Å². The highest BCUT2D eigenvalue weighted by Crippen LogP contribution is 2.27. The van der Waals surface area contributed by atoms with E-state index >= 15 is 0 Å². The van der Waals surface area contributed by atoms with Crippen molar-refractivity contribution in [1.82, 2.24) is 10.3 Å². The predicted octanol–water partition coefficient (Wildman–Crippen LogP) is 3.23. The van der Waals surface area contributed by atoms with Gasteiger partial charge in [-0.3, -0.25) is 9.59 Å². The normalized spacial score (nSPS) is 20.1. The van der Waals surface area contributed by atoms with Gasteiger partial charge in [0.2, 0.25) is 5.89 Å². The van der Waals surface area contributed by atoms with Gasteiger partial charge >= 0.3 is 5.97 Å². The van der Waals surface area contributed by atoms with Crippen LogP contribution < -0.4 is 5.32 Å². The Balaban J connectivity index is 1.69. The summed E-state index contributed by atoms with van der Waals surface area (Å²) < 4.78 is 19.7. The minimum Gasteiger partial charge on any atom is -0.481 e. The Labute approximate surface area is 145 Å². The number of nitrogens with one attached hydrogen (secondary N) is 1. The zero-order valence-corrected chi connectivity index (χ0v) is 14.0. The van der Waals surface area contributed by atoms with Crippen molar-refractivity contribution in [2.75, 3.05) is 0 Å². The molecule has 0 saturated heterocycles. The molecule has 2 N–H and O–H groups in total. The Morgan fingerprint density at radius 2 is 2.17 bits per heavy atom. The molecule has 1 fully saturated rings. The van der Waals surface area contributed by atoms with E-state index in [1.807, 2.05) is 0 Å². The van der Waals surface area contributed by atoms with Crippen molar-refractivity contribution in [3.8, 4) is 11.5 Å². The molecule has 24 heavy (non-hydrogen) atoms. The van der Waals surface area contributed by atoms with E-state index in [9.17, 15) is 14.0 Å². The molecule has 1 aromatic carbocycles. The summed E-state index contributed by atoms with van der Waals surface area (Å²) in [6, 6.07) is 4.22. The fourth-order valence-electron chi connectivity index (χ4n) is 2.76. The number of carboxylic acids is 1. The van der Waals surface area contributed by atoms with E-state index in [-0.39, 0.29) is 23.2 Å². The van der Waals surface area contributed by atoms with Crippen LogP contribution in [0.4, 0.5) is 4.39 Å². The molecule has 0 unspecified atom stereocenters. The maximum absolute atomic E-state index is 13.9. The number of aliphatic carboxylic acids is 1. The lowest BCUT2D eigenvalue weighted by atomic mass is 10.1. The number of nitrogens with zero attached hydrogens (tertiary/aromatic N) is 1. The highest BCUT2D eigenvalue weighted by atomic mass is 79.9. The van der Waals surface area contributed by atoms with Crippen LogP contribution in [-0.4, -0.2) is 28.0 Å². The van der Waals surface area contributed by atoms with E-state index in [1.165, 1.54) is 12.1 Å². The van der Waals surface area contributed by atoms with Gasteiger partial charge in [0.05, 0.1) is 11.5 Å². The molecular weight excluding hydrogens is 383 g/mol. The minimum absolute atomic E-state index is 0.0139. The molecule has 0 spiro atoms. The molecule has 2 atom stereocenters. The molecule has 1 aromatic heterocycles. The van der Waals surface area contributed by atoms with Gasteiger partial charge in [-0.15, -0.1) is 0 Å². The van der Waals surface area contributed by atoms with Crippen LogP contribution in [0, 0.1) is 11.7 Å². The Kier molecular flexibility index (Phi) is 4.66. The Bertz CT molecular complexity index is 792. The zero-order valence-electron chi connectivity index (χ0n) is 12.5. The SMILES string of the molecule is O=C(N[C@H]1CC[C@@H](C(=O)O)C1)c1coc(-c2ccc(Br)cc2F)n1. The largest absolute Gasteiger partial charge is 0.481 e. The lowest BCUT2D eigenvalue weighted by molar-refractivity contribution is -0.141. The number of benzene rings is 1. The number of amides is 1. The van der Waals surface area contributed by atoms with Crippen LogP contribution in [0.25, 0.3) is 11.5 Å². The van der Waals surface area contributed by atoms with Crippen LogP contribution in [0.2, 0.25) is 0 Å². The zero-order chi connectivity index (χ0) is 17.3. The van der Waals surface area contributed by atoms with Gasteiger partial charge in [0.1, 0.15) is 12.1 Å². The Morgan fingerprint density at radius 3 is 2.83 bits per heavy atom. The molecule has 0 radical (unpaired) electrons. The molecule has 2 aromatic rings. The lowest BCUT2D eigenvalue weighted by Gasteiger charge is -2.10. The van der Waals surface area contributed by atoms with Crippen molar-refractivity contribution in [2.45, 2.75) is 25.3 Å². The number of hydrogen-bond donors (Lipinski definition) is 2. The summed E-state index contributed by atoms with van der Waals surface area (Å²) in [5, 5.41) is 11.7. The summed E-state index contributed by atoms with van der Waals surface area (Å²) in [5.74, 6) is -2.24. The lowest BCUT2D eigenvalue weighted by Crippen LogP contribution is -2.33. The molecule has 6 nitrogen and oxygen atoms in total. The van der Waals surface area contributed by atoms with Gasteiger partial charge in [0.25, 0.3) is 5.91 Å². The van der Waals surface area contributed by atoms with Crippen molar-refractivity contribution in [3.63, 3.8) is 0 Å². The van der Waals surface area contributed by atoms with Gasteiger partial charge in [-0.2, -0.15) is 0 Å². The van der Waals surface area contributed by atoms with E-state index < -0.39 is 23.6 Å². The summed E-state index contributed by atoms with van der Waals surface area (Å²) in [4.78, 5) is 27.1. The molecule has 3 rings (SSSR count). The summed E-state index contributed by atoms with van der Waals surface area (Å²) >= 11 is 3.16. The van der Waals surface area contributed by atoms with Gasteiger partial charge < -0.3 is 14.8 Å². The van der Waals surface area contributed by atoms with Crippen molar-refractivity contribution in [2.24, 2.45) is 5.92 Å². The minimum atomic E-state index is -0.846. The van der Waals surface area contributed by atoms with Gasteiger partial charge in [-0.1, -0.05) is 15.9 Å². The second-order valence-corrected chi connectivity index (χ2v) is 6.60. The van der Waals surface area contributed by atoms with Crippen LogP contribution in [-0.2, 0) is 4.79 Å². The molecule has 1 saturated carbocycles. The average molecular weight is 397 g/mol. The Morgan fingerprint density at radius 1 is 1.38 bits per heavy atom. The molecule has 8 heteroatoms. The highest BCUT2D eigenvalue weighted by Gasteiger charge is 2.31. The van der Waals surface area contributed by atoms with Crippen molar-refractivity contribution in [3.05, 3.63) is 40.4 Å². The number of halogens is 2. The predicted molar refractivity (Wildman–Crippen MR) is 85.8 cm³/mol. The second-order valence-electron chi connectivity index (χ2n) is 5.68. The molecule has 126 valence electrons. The standard InChI is InChI=1S/C16H14BrFN2O4/c17-9-2-4-11(12(18)6-9)15-20-13(7-24-15)14(21)19-10-3-1-8(5-10)16(22)23/h2,4,6-8,10H,1,3,5H2,(H,19,21)(H,22,23)/t8-,10+/m1/s1. The van der Waals surface area contributed by atoms with Gasteiger partial charge in [-0.05, 0) is 37.5 Å². The van der Waals surface area contributed by atoms with Crippen molar-refractivity contribution >= 4 is 27.8 Å². The van der Waals surface area contributed by atoms with Crippen LogP contribution >= 0.6 is 15.9 Å². The van der Waals surface area contributed by atoms with Crippen molar-refractivity contribution in [1.29, 1.82) is 0 Å². The second kappa shape index (κ2) is 6.72. The number of carboxylic acid groups (broad SMARTS) is 1. The van der Waals surface area contributed by atoms with Gasteiger partial charge in [-0.25, -0.2) is 9.37 Å². The van der Waals surface area contributed by atoms with E-state index in [1.54, 1.807) is 6.07 Å². The van der Waals surface area contributed by atoms with E-state index in [0.29, 0.717) is 23.7 Å². The number of rotatable bonds is 4. The smallest absolute Gasteiger partial charge is 0.306 e. The first-order valence-corrected chi connectivity index (χ1v) is 8.18. The number of aromatic nitrogens is 1. The molecule has 0 aliphatic heterocycles. The van der Waals surface area contributed by atoms with E-state index in [0.717, 1.165) is 6.26 Å². The third-order valence-corrected chi connectivity index (χ3v) is 4.51. The van der Waals surface area contributed by atoms with Crippen molar-refractivity contribution < 1.29 is 23.5 Å². The molecule has 1 aliphatic carbocycles. The number of carbonyl (C=O) groups excluding carboxylic acids is 1. The first kappa shape index (κ1) is 16.6. The molecule has 0 bridgehead atoms. The topological polar surface area (TPSA) is 92.4 Å². The maximum Gasteiger partial charge on any atom is 0.306 e. The monoisotopic (exact) mass is 396 g/mol. The third-order valence-electron chi connectivity index (χ3n) is 4.02.